The van der Waals surface area contributed by atoms with Gasteiger partial charge in [-0.05, 0) is 12.1 Å². The summed E-state index contributed by atoms with van der Waals surface area (Å²) in [7, 11) is 0. The van der Waals surface area contributed by atoms with E-state index in [0.717, 1.165) is 0 Å². The molecular formula is C6H8N2O3. The molecule has 11 heavy (non-hydrogen) atoms. The number of nitrogens with zero attached hydrogens (tertiary/aromatic N) is 2. The standard InChI is InChI=1S/C6H8N2O3/c1-5(7-4-9)6-8-11-3-2-10-6/h4H,2-3H2,1H3/b7-5+. The first-order chi connectivity index (χ1) is 5.34. The summed E-state index contributed by atoms with van der Waals surface area (Å²) >= 11 is 0. The van der Waals surface area contributed by atoms with Gasteiger partial charge >= 0.3 is 0 Å². The Bertz CT molecular complexity index is 210. The molecule has 1 rings (SSSR count). The number of oxime groups is 1. The molecule has 1 heterocycles. The van der Waals surface area contributed by atoms with Gasteiger partial charge in [-0.15, -0.1) is 0 Å². The fraction of sp³-hybridized carbons (Fsp3) is 0.500. The fourth-order valence-electron chi connectivity index (χ4n) is 0.611. The average molecular weight is 156 g/mol. The molecule has 5 nitrogen and oxygen atoms in total. The Kier molecular flexibility index (Phi) is 2.59. The number of carbonyl (C=O) groups is 1. The first-order valence-electron chi connectivity index (χ1n) is 3.16. The molecule has 0 bridgehead atoms. The Morgan fingerprint density at radius 1 is 1.73 bits per heavy atom. The predicted octanol–water partition coefficient (Wildman–Crippen LogP) is -0.0360. The maximum Gasteiger partial charge on any atom is 0.272 e. The van der Waals surface area contributed by atoms with Crippen molar-refractivity contribution in [2.75, 3.05) is 13.2 Å². The van der Waals surface area contributed by atoms with Crippen LogP contribution in [0.25, 0.3) is 0 Å². The fourth-order valence-corrected chi connectivity index (χ4v) is 0.611. The normalized spacial score (nSPS) is 17.9. The smallest absolute Gasteiger partial charge is 0.272 e. The lowest BCUT2D eigenvalue weighted by atomic mass is 10.4. The highest BCUT2D eigenvalue weighted by Crippen LogP contribution is 1.95. The van der Waals surface area contributed by atoms with Crippen LogP contribution < -0.4 is 0 Å². The molecule has 5 heteroatoms. The third-order valence-corrected chi connectivity index (χ3v) is 1.12. The van der Waals surface area contributed by atoms with Gasteiger partial charge in [0.2, 0.25) is 6.41 Å². The summed E-state index contributed by atoms with van der Waals surface area (Å²) in [5.41, 5.74) is 0.430. The first-order valence-corrected chi connectivity index (χ1v) is 3.16. The monoisotopic (exact) mass is 156 g/mol. The van der Waals surface area contributed by atoms with Crippen LogP contribution in [0.4, 0.5) is 0 Å². The zero-order valence-electron chi connectivity index (χ0n) is 6.11. The van der Waals surface area contributed by atoms with Crippen molar-refractivity contribution in [2.45, 2.75) is 6.92 Å². The minimum absolute atomic E-state index is 0.281. The van der Waals surface area contributed by atoms with Crippen LogP contribution in [-0.2, 0) is 14.4 Å². The van der Waals surface area contributed by atoms with Crippen LogP contribution in [0.2, 0.25) is 0 Å². The van der Waals surface area contributed by atoms with Crippen molar-refractivity contribution in [3.63, 3.8) is 0 Å². The highest BCUT2D eigenvalue weighted by molar-refractivity contribution is 6.38. The van der Waals surface area contributed by atoms with Crippen molar-refractivity contribution in [3.8, 4) is 0 Å². The van der Waals surface area contributed by atoms with E-state index in [1.165, 1.54) is 0 Å². The maximum atomic E-state index is 9.92. The molecular weight excluding hydrogens is 148 g/mol. The van der Waals surface area contributed by atoms with E-state index < -0.39 is 0 Å². The minimum atomic E-state index is 0.281. The maximum absolute atomic E-state index is 9.92. The van der Waals surface area contributed by atoms with Gasteiger partial charge in [0.05, 0.1) is 0 Å². The molecule has 1 amide bonds. The van der Waals surface area contributed by atoms with Crippen LogP contribution in [0.15, 0.2) is 10.1 Å². The number of carbonyl (C=O) groups excluding carboxylic acids is 1. The summed E-state index contributed by atoms with van der Waals surface area (Å²) < 4.78 is 5.03. The molecule has 0 fully saturated rings. The lowest BCUT2D eigenvalue weighted by molar-refractivity contribution is -0.106. The average Bonchev–Trinajstić information content (AvgIpc) is 2.07. The number of hydrogen-bond donors (Lipinski definition) is 0. The van der Waals surface area contributed by atoms with Gasteiger partial charge in [0.15, 0.2) is 6.61 Å². The van der Waals surface area contributed by atoms with Crippen LogP contribution >= 0.6 is 0 Å². The number of amides is 1. The van der Waals surface area contributed by atoms with Crippen molar-refractivity contribution < 1.29 is 14.4 Å². The SMILES string of the molecule is C/C(=N\C=O)C1=NOCCO1. The molecule has 60 valence electrons. The van der Waals surface area contributed by atoms with Gasteiger partial charge in [0, 0.05) is 0 Å². The molecule has 0 saturated carbocycles. The van der Waals surface area contributed by atoms with E-state index >= 15 is 0 Å². The van der Waals surface area contributed by atoms with E-state index in [0.29, 0.717) is 25.3 Å². The summed E-state index contributed by atoms with van der Waals surface area (Å²) in [6.07, 6.45) is 0.440. The second kappa shape index (κ2) is 3.70. The van der Waals surface area contributed by atoms with Gasteiger partial charge in [-0.3, -0.25) is 4.79 Å². The number of ether oxygens (including phenoxy) is 1. The highest BCUT2D eigenvalue weighted by atomic mass is 16.7. The molecule has 1 aliphatic rings. The lowest BCUT2D eigenvalue weighted by Crippen LogP contribution is -2.22. The first kappa shape index (κ1) is 7.71. The molecule has 0 atom stereocenters. The predicted molar refractivity (Wildman–Crippen MR) is 38.5 cm³/mol. The number of rotatable bonds is 2. The summed E-state index contributed by atoms with van der Waals surface area (Å²) in [6, 6.07) is 0. The van der Waals surface area contributed by atoms with Crippen molar-refractivity contribution >= 4 is 18.0 Å². The molecule has 0 saturated heterocycles. The van der Waals surface area contributed by atoms with Crippen molar-refractivity contribution in [3.05, 3.63) is 0 Å². The summed E-state index contributed by atoms with van der Waals surface area (Å²) in [6.45, 7) is 2.52. The topological polar surface area (TPSA) is 60.2 Å². The molecule has 0 aromatic carbocycles. The molecule has 0 aromatic rings. The summed E-state index contributed by atoms with van der Waals surface area (Å²) in [5, 5.41) is 3.55. The second-order valence-corrected chi connectivity index (χ2v) is 1.90. The van der Waals surface area contributed by atoms with Gasteiger partial charge in [0.25, 0.3) is 5.90 Å². The zero-order chi connectivity index (χ0) is 8.10. The Balaban J connectivity index is 2.64. The Morgan fingerprint density at radius 3 is 3.09 bits per heavy atom. The Morgan fingerprint density at radius 2 is 2.55 bits per heavy atom. The van der Waals surface area contributed by atoms with Gasteiger partial charge in [-0.25, -0.2) is 4.99 Å². The molecule has 0 aromatic heterocycles. The zero-order valence-corrected chi connectivity index (χ0v) is 6.11. The van der Waals surface area contributed by atoms with Gasteiger partial charge in [-0.2, -0.15) is 0 Å². The number of hydrogen-bond acceptors (Lipinski definition) is 4. The molecule has 0 aliphatic carbocycles. The van der Waals surface area contributed by atoms with Gasteiger partial charge < -0.3 is 9.57 Å². The van der Waals surface area contributed by atoms with Gasteiger partial charge in [-0.1, -0.05) is 0 Å². The van der Waals surface area contributed by atoms with E-state index in [1.54, 1.807) is 6.92 Å². The molecule has 0 spiro atoms. The molecule has 1 aliphatic heterocycles. The summed E-state index contributed by atoms with van der Waals surface area (Å²) in [4.78, 5) is 18.1. The van der Waals surface area contributed by atoms with Crippen LogP contribution in [-0.4, -0.2) is 31.2 Å². The van der Waals surface area contributed by atoms with E-state index in [-0.39, 0.29) is 5.90 Å². The van der Waals surface area contributed by atoms with Crippen LogP contribution in [0.3, 0.4) is 0 Å². The second-order valence-electron chi connectivity index (χ2n) is 1.90. The van der Waals surface area contributed by atoms with E-state index in [2.05, 4.69) is 10.1 Å². The van der Waals surface area contributed by atoms with E-state index in [1.807, 2.05) is 0 Å². The molecule has 0 N–H and O–H groups in total. The Labute approximate surface area is 63.7 Å². The Hall–Kier alpha value is -1.39. The highest BCUT2D eigenvalue weighted by Gasteiger charge is 2.09. The lowest BCUT2D eigenvalue weighted by Gasteiger charge is -2.11. The van der Waals surface area contributed by atoms with Crippen LogP contribution in [0.1, 0.15) is 6.92 Å². The van der Waals surface area contributed by atoms with E-state index in [9.17, 15) is 4.79 Å². The van der Waals surface area contributed by atoms with Crippen molar-refractivity contribution in [1.82, 2.24) is 0 Å². The van der Waals surface area contributed by atoms with Crippen LogP contribution in [0, 0.1) is 0 Å². The van der Waals surface area contributed by atoms with E-state index in [4.69, 9.17) is 9.57 Å². The largest absolute Gasteiger partial charge is 0.471 e. The van der Waals surface area contributed by atoms with Crippen LogP contribution in [0.5, 0.6) is 0 Å². The van der Waals surface area contributed by atoms with Gasteiger partial charge in [0.1, 0.15) is 12.3 Å². The molecule has 0 radical (unpaired) electrons. The number of aliphatic imine (C=N–C) groups is 1. The summed E-state index contributed by atoms with van der Waals surface area (Å²) in [5.74, 6) is 0.281. The quantitative estimate of drug-likeness (QED) is 0.416. The van der Waals surface area contributed by atoms with Crippen molar-refractivity contribution in [2.24, 2.45) is 10.1 Å². The minimum Gasteiger partial charge on any atom is -0.471 e. The van der Waals surface area contributed by atoms with Crippen molar-refractivity contribution in [1.29, 1.82) is 0 Å². The third kappa shape index (κ3) is 2.03. The third-order valence-electron chi connectivity index (χ3n) is 1.12. The molecule has 0 unspecified atom stereocenters.